The third kappa shape index (κ3) is 15.5. The van der Waals surface area contributed by atoms with Crippen LogP contribution < -0.4 is 0 Å². The molecule has 0 aliphatic heterocycles. The van der Waals surface area contributed by atoms with Gasteiger partial charge >= 0.3 is 11.9 Å². The number of allylic oxidation sites excluding steroid dienone is 22. The van der Waals surface area contributed by atoms with Crippen molar-refractivity contribution in [2.24, 2.45) is 10.8 Å². The highest BCUT2D eigenvalue weighted by Crippen LogP contribution is 2.44. The van der Waals surface area contributed by atoms with E-state index in [2.05, 4.69) is 64.2 Å². The van der Waals surface area contributed by atoms with E-state index in [1.165, 1.54) is 23.5 Å². The molecule has 0 spiro atoms. The van der Waals surface area contributed by atoms with Crippen molar-refractivity contribution in [1.29, 1.82) is 0 Å². The van der Waals surface area contributed by atoms with Crippen molar-refractivity contribution < 1.29 is 29.4 Å². The SMILES string of the molecule is CC1=C(/C=C/C(C)=C/C=C/C(C)=C/C=C/C=C(C)/C=C/C=C(C)/C=C/C2=C(C)C(=O)C(SCCC(=O)O)CC2(C)C)C(C)(C)CC(SCCC(=O)O)C1=O. The van der Waals surface area contributed by atoms with Crippen LogP contribution in [0, 0.1) is 10.8 Å². The molecule has 2 N–H and O–H groups in total. The maximum atomic E-state index is 13.0. The molecule has 0 saturated carbocycles. The highest BCUT2D eigenvalue weighted by Gasteiger charge is 2.39. The second-order valence-corrected chi connectivity index (χ2v) is 18.0. The number of carboxylic acids is 2. The number of carbonyl (C=O) groups is 4. The number of hydrogen-bond acceptors (Lipinski definition) is 6. The lowest BCUT2D eigenvalue weighted by atomic mass is 9.72. The van der Waals surface area contributed by atoms with Crippen molar-refractivity contribution in [3.63, 3.8) is 0 Å². The van der Waals surface area contributed by atoms with Gasteiger partial charge in [0.15, 0.2) is 11.6 Å². The first-order valence-electron chi connectivity index (χ1n) is 18.5. The summed E-state index contributed by atoms with van der Waals surface area (Å²) >= 11 is 2.90. The Labute approximate surface area is 332 Å². The van der Waals surface area contributed by atoms with Crippen LogP contribution in [0.4, 0.5) is 0 Å². The minimum Gasteiger partial charge on any atom is -0.481 e. The van der Waals surface area contributed by atoms with Gasteiger partial charge in [0.2, 0.25) is 0 Å². The highest BCUT2D eigenvalue weighted by molar-refractivity contribution is 8.00. The molecule has 0 fully saturated rings. The molecule has 54 heavy (non-hydrogen) atoms. The van der Waals surface area contributed by atoms with E-state index < -0.39 is 11.9 Å². The molecule has 6 nitrogen and oxygen atoms in total. The Kier molecular flexibility index (Phi) is 18.7. The van der Waals surface area contributed by atoms with E-state index in [-0.39, 0.29) is 45.7 Å². The Morgan fingerprint density at radius 2 is 0.907 bits per heavy atom. The van der Waals surface area contributed by atoms with Gasteiger partial charge in [0.25, 0.3) is 0 Å². The van der Waals surface area contributed by atoms with Crippen LogP contribution in [0.3, 0.4) is 0 Å². The first-order valence-corrected chi connectivity index (χ1v) is 20.6. The van der Waals surface area contributed by atoms with Crippen molar-refractivity contribution >= 4 is 47.0 Å². The lowest BCUT2D eigenvalue weighted by molar-refractivity contribution is -0.137. The molecule has 0 radical (unpaired) electrons. The topological polar surface area (TPSA) is 109 Å². The number of carbonyl (C=O) groups excluding carboxylic acids is 2. The standard InChI is InChI=1S/C46H60O6S2/c1-31(17-13-19-33(3)21-23-37-35(5)43(51)39(29-45(37,7)8)53-27-25-41(47)48)15-11-12-16-32(2)18-14-20-34(4)22-24-38-36(6)44(52)40(30-46(38,9)10)54-28-26-42(49)50/h11-24,39-40H,25-30H2,1-10H3,(H,47,48)(H,49,50)/b12-11+,17-13+,18-14+,23-21+,24-22+,31-15+,32-16+,33-19+,34-20+. The zero-order valence-corrected chi connectivity index (χ0v) is 35.5. The first kappa shape index (κ1) is 46.3. The van der Waals surface area contributed by atoms with Gasteiger partial charge in [0.1, 0.15) is 0 Å². The lowest BCUT2D eigenvalue weighted by Crippen LogP contribution is -2.34. The van der Waals surface area contributed by atoms with Crippen LogP contribution in [0.1, 0.15) is 94.9 Å². The zero-order chi connectivity index (χ0) is 40.6. The average Bonchev–Trinajstić information content (AvgIpc) is 3.06. The van der Waals surface area contributed by atoms with Crippen molar-refractivity contribution in [2.75, 3.05) is 11.5 Å². The van der Waals surface area contributed by atoms with Crippen molar-refractivity contribution in [3.05, 3.63) is 130 Å². The summed E-state index contributed by atoms with van der Waals surface area (Å²) in [6, 6.07) is 0. The van der Waals surface area contributed by atoms with E-state index >= 15 is 0 Å². The molecule has 0 aromatic heterocycles. The number of carboxylic acid groups (broad SMARTS) is 2. The van der Waals surface area contributed by atoms with Crippen LogP contribution in [-0.2, 0) is 19.2 Å². The van der Waals surface area contributed by atoms with Crippen LogP contribution in [0.5, 0.6) is 0 Å². The quantitative estimate of drug-likeness (QED) is 0.133. The van der Waals surface area contributed by atoms with Gasteiger partial charge in [0, 0.05) is 11.5 Å². The molecule has 0 aromatic rings. The van der Waals surface area contributed by atoms with Gasteiger partial charge in [-0.25, -0.2) is 0 Å². The minimum absolute atomic E-state index is 0.0628. The Balaban J connectivity index is 1.96. The molecule has 0 amide bonds. The fourth-order valence-electron chi connectivity index (χ4n) is 6.41. The highest BCUT2D eigenvalue weighted by atomic mass is 32.2. The third-order valence-electron chi connectivity index (χ3n) is 9.54. The first-order chi connectivity index (χ1) is 25.2. The summed E-state index contributed by atoms with van der Waals surface area (Å²) in [5, 5.41) is 17.5. The van der Waals surface area contributed by atoms with Crippen LogP contribution in [0.2, 0.25) is 0 Å². The fourth-order valence-corrected chi connectivity index (χ4v) is 9.29. The second-order valence-electron chi connectivity index (χ2n) is 15.4. The van der Waals surface area contributed by atoms with Crippen LogP contribution in [0.15, 0.2) is 130 Å². The molecule has 2 unspecified atom stereocenters. The van der Waals surface area contributed by atoms with E-state index in [1.807, 2.05) is 90.2 Å². The van der Waals surface area contributed by atoms with E-state index in [9.17, 15) is 19.2 Å². The summed E-state index contributed by atoms with van der Waals surface area (Å²) < 4.78 is 0. The molecule has 0 bridgehead atoms. The zero-order valence-electron chi connectivity index (χ0n) is 33.8. The Hall–Kier alpha value is -3.88. The number of Topliss-reactive ketones (excluding diaryl/α,β-unsaturated/α-hetero) is 2. The molecule has 0 heterocycles. The van der Waals surface area contributed by atoms with Gasteiger partial charge in [-0.15, -0.1) is 23.5 Å². The van der Waals surface area contributed by atoms with Crippen LogP contribution in [0.25, 0.3) is 0 Å². The second kappa shape index (κ2) is 21.9. The molecular weight excluding hydrogens is 713 g/mol. The molecule has 2 aliphatic carbocycles. The number of ketones is 2. The summed E-state index contributed by atoms with van der Waals surface area (Å²) in [6.45, 7) is 20.5. The minimum atomic E-state index is -0.838. The summed E-state index contributed by atoms with van der Waals surface area (Å²) in [6.07, 6.45) is 30.1. The van der Waals surface area contributed by atoms with Gasteiger partial charge in [0.05, 0.1) is 23.3 Å². The lowest BCUT2D eigenvalue weighted by Gasteiger charge is -2.36. The largest absolute Gasteiger partial charge is 0.481 e. The third-order valence-corrected chi connectivity index (χ3v) is 12.0. The summed E-state index contributed by atoms with van der Waals surface area (Å²) in [7, 11) is 0. The van der Waals surface area contributed by atoms with Gasteiger partial charge < -0.3 is 10.2 Å². The maximum absolute atomic E-state index is 13.0. The predicted octanol–water partition coefficient (Wildman–Crippen LogP) is 11.3. The van der Waals surface area contributed by atoms with E-state index in [1.54, 1.807) is 0 Å². The number of hydrogen-bond donors (Lipinski definition) is 2. The molecule has 292 valence electrons. The normalized spacial score (nSPS) is 22.0. The van der Waals surface area contributed by atoms with Crippen LogP contribution >= 0.6 is 23.5 Å². The summed E-state index contributed by atoms with van der Waals surface area (Å²) in [5.41, 5.74) is 7.59. The monoisotopic (exact) mass is 772 g/mol. The van der Waals surface area contributed by atoms with Gasteiger partial charge in [-0.1, -0.05) is 135 Å². The molecule has 0 aromatic carbocycles. The number of aliphatic carboxylic acids is 2. The van der Waals surface area contributed by atoms with Crippen LogP contribution in [-0.4, -0.2) is 55.7 Å². The summed E-state index contributed by atoms with van der Waals surface area (Å²) in [5.74, 6) is -0.586. The fraction of sp³-hybridized carbons (Fsp3) is 0.435. The Morgan fingerprint density at radius 3 is 1.24 bits per heavy atom. The van der Waals surface area contributed by atoms with E-state index in [0.29, 0.717) is 24.3 Å². The van der Waals surface area contributed by atoms with Gasteiger partial charge in [-0.05, 0) is 87.5 Å². The molecular formula is C46H60O6S2. The van der Waals surface area contributed by atoms with Gasteiger partial charge in [-0.3, -0.25) is 19.2 Å². The van der Waals surface area contributed by atoms with Crippen molar-refractivity contribution in [2.45, 2.75) is 105 Å². The van der Waals surface area contributed by atoms with Crippen molar-refractivity contribution in [1.82, 2.24) is 0 Å². The molecule has 0 saturated heterocycles. The van der Waals surface area contributed by atoms with Crippen molar-refractivity contribution in [3.8, 4) is 0 Å². The maximum Gasteiger partial charge on any atom is 0.304 e. The predicted molar refractivity (Wildman–Crippen MR) is 230 cm³/mol. The average molecular weight is 773 g/mol. The molecule has 2 aliphatic rings. The Bertz CT molecular complexity index is 1640. The molecule has 2 rings (SSSR count). The number of thioether (sulfide) groups is 2. The van der Waals surface area contributed by atoms with E-state index in [0.717, 1.165) is 44.6 Å². The smallest absolute Gasteiger partial charge is 0.304 e. The number of rotatable bonds is 18. The van der Waals surface area contributed by atoms with E-state index in [4.69, 9.17) is 10.2 Å². The molecule has 8 heteroatoms. The van der Waals surface area contributed by atoms with Gasteiger partial charge in [-0.2, -0.15) is 0 Å². The Morgan fingerprint density at radius 1 is 0.593 bits per heavy atom. The molecule has 2 atom stereocenters. The summed E-state index contributed by atoms with van der Waals surface area (Å²) in [4.78, 5) is 47.8.